The first kappa shape index (κ1) is 20.8. The monoisotopic (exact) mass is 406 g/mol. The first-order valence-corrected chi connectivity index (χ1v) is 11.3. The molecule has 0 spiro atoms. The molecule has 1 atom stereocenters. The predicted octanol–water partition coefficient (Wildman–Crippen LogP) is 2.96. The SMILES string of the molecule is CCS(=O)(=O)NCCOc1ccc2c(c1)C(Cc1cccc(F)c1)NCCC2. The minimum absolute atomic E-state index is 0.0548. The average molecular weight is 407 g/mol. The van der Waals surface area contributed by atoms with Crippen LogP contribution in [0.25, 0.3) is 0 Å². The maximum atomic E-state index is 13.6. The summed E-state index contributed by atoms with van der Waals surface area (Å²) >= 11 is 0. The molecule has 0 bridgehead atoms. The van der Waals surface area contributed by atoms with Crippen LogP contribution in [0.4, 0.5) is 4.39 Å². The van der Waals surface area contributed by atoms with Crippen molar-refractivity contribution < 1.29 is 17.5 Å². The van der Waals surface area contributed by atoms with Crippen LogP contribution in [0.5, 0.6) is 5.75 Å². The number of nitrogens with one attached hydrogen (secondary N) is 2. The van der Waals surface area contributed by atoms with Crippen molar-refractivity contribution >= 4 is 10.0 Å². The molecular formula is C21H27FN2O3S. The van der Waals surface area contributed by atoms with E-state index in [1.165, 1.54) is 11.6 Å². The van der Waals surface area contributed by atoms with E-state index in [9.17, 15) is 12.8 Å². The number of hydrogen-bond acceptors (Lipinski definition) is 4. The zero-order valence-corrected chi connectivity index (χ0v) is 16.9. The number of aryl methyl sites for hydroxylation is 1. The van der Waals surface area contributed by atoms with Crippen LogP contribution in [0.3, 0.4) is 0 Å². The predicted molar refractivity (Wildman–Crippen MR) is 109 cm³/mol. The standard InChI is InChI=1S/C21H27FN2O3S/c1-2-28(25,26)24-11-12-27-19-9-8-17-6-4-10-23-21(20(17)15-19)14-16-5-3-7-18(22)13-16/h3,5,7-9,13,15,21,23-24H,2,4,6,10-12,14H2,1H3. The van der Waals surface area contributed by atoms with Crippen molar-refractivity contribution in [2.75, 3.05) is 25.4 Å². The van der Waals surface area contributed by atoms with Crippen molar-refractivity contribution in [1.82, 2.24) is 10.0 Å². The summed E-state index contributed by atoms with van der Waals surface area (Å²) < 4.78 is 44.8. The van der Waals surface area contributed by atoms with E-state index < -0.39 is 10.0 Å². The van der Waals surface area contributed by atoms with Crippen molar-refractivity contribution in [2.45, 2.75) is 32.2 Å². The van der Waals surface area contributed by atoms with E-state index in [1.54, 1.807) is 19.1 Å². The van der Waals surface area contributed by atoms with Gasteiger partial charge in [-0.05, 0) is 73.7 Å². The Balaban J connectivity index is 1.70. The van der Waals surface area contributed by atoms with Crippen LogP contribution >= 0.6 is 0 Å². The van der Waals surface area contributed by atoms with Gasteiger partial charge in [0.2, 0.25) is 10.0 Å². The van der Waals surface area contributed by atoms with Crippen molar-refractivity contribution in [1.29, 1.82) is 0 Å². The number of benzene rings is 2. The fraction of sp³-hybridized carbons (Fsp3) is 0.429. The number of rotatable bonds is 8. The van der Waals surface area contributed by atoms with Gasteiger partial charge < -0.3 is 10.1 Å². The summed E-state index contributed by atoms with van der Waals surface area (Å²) in [6.07, 6.45) is 2.73. The Morgan fingerprint density at radius 2 is 2.11 bits per heavy atom. The number of ether oxygens (including phenoxy) is 1. The number of fused-ring (bicyclic) bond motifs is 1. The van der Waals surface area contributed by atoms with Gasteiger partial charge in [0, 0.05) is 12.6 Å². The number of sulfonamides is 1. The Labute approximate surface area is 166 Å². The smallest absolute Gasteiger partial charge is 0.211 e. The summed E-state index contributed by atoms with van der Waals surface area (Å²) in [7, 11) is -3.21. The van der Waals surface area contributed by atoms with Gasteiger partial charge in [0.25, 0.3) is 0 Å². The van der Waals surface area contributed by atoms with E-state index in [4.69, 9.17) is 4.74 Å². The number of hydrogen-bond donors (Lipinski definition) is 2. The van der Waals surface area contributed by atoms with Crippen LogP contribution in [0.15, 0.2) is 42.5 Å². The molecule has 5 nitrogen and oxygen atoms in total. The molecule has 152 valence electrons. The third kappa shape index (κ3) is 5.77. The van der Waals surface area contributed by atoms with Crippen LogP contribution in [0.1, 0.15) is 36.1 Å². The van der Waals surface area contributed by atoms with Gasteiger partial charge in [0.05, 0.1) is 5.75 Å². The third-order valence-electron chi connectivity index (χ3n) is 4.91. The molecule has 0 saturated carbocycles. The molecule has 0 radical (unpaired) electrons. The Morgan fingerprint density at radius 1 is 1.25 bits per heavy atom. The lowest BCUT2D eigenvalue weighted by Gasteiger charge is -2.20. The Hall–Kier alpha value is -1.96. The molecule has 1 aliphatic heterocycles. The van der Waals surface area contributed by atoms with Crippen LogP contribution < -0.4 is 14.8 Å². The lowest BCUT2D eigenvalue weighted by molar-refractivity contribution is 0.322. The van der Waals surface area contributed by atoms with Gasteiger partial charge in [0.1, 0.15) is 18.2 Å². The molecule has 0 aromatic heterocycles. The molecule has 1 aliphatic rings. The molecule has 0 fully saturated rings. The van der Waals surface area contributed by atoms with E-state index in [0.29, 0.717) is 12.2 Å². The average Bonchev–Trinajstić information content (AvgIpc) is 2.87. The highest BCUT2D eigenvalue weighted by molar-refractivity contribution is 7.89. The molecular weight excluding hydrogens is 379 g/mol. The molecule has 2 N–H and O–H groups in total. The molecule has 0 aliphatic carbocycles. The molecule has 28 heavy (non-hydrogen) atoms. The number of halogens is 1. The van der Waals surface area contributed by atoms with Gasteiger partial charge in [-0.25, -0.2) is 17.5 Å². The Morgan fingerprint density at radius 3 is 2.89 bits per heavy atom. The zero-order valence-electron chi connectivity index (χ0n) is 16.1. The summed E-state index contributed by atoms with van der Waals surface area (Å²) in [5.74, 6) is 0.541. The van der Waals surface area contributed by atoms with Crippen molar-refractivity contribution in [3.63, 3.8) is 0 Å². The van der Waals surface area contributed by atoms with E-state index >= 15 is 0 Å². The first-order valence-electron chi connectivity index (χ1n) is 9.67. The maximum absolute atomic E-state index is 13.6. The second-order valence-corrected chi connectivity index (χ2v) is 9.05. The van der Waals surface area contributed by atoms with Crippen LogP contribution in [0.2, 0.25) is 0 Å². The van der Waals surface area contributed by atoms with E-state index in [0.717, 1.165) is 30.5 Å². The van der Waals surface area contributed by atoms with Crippen molar-refractivity contribution in [3.05, 3.63) is 65.0 Å². The molecule has 3 rings (SSSR count). The summed E-state index contributed by atoms with van der Waals surface area (Å²) in [6, 6.07) is 12.8. The molecule has 7 heteroatoms. The lowest BCUT2D eigenvalue weighted by Crippen LogP contribution is -2.29. The van der Waals surface area contributed by atoms with Gasteiger partial charge in [-0.3, -0.25) is 0 Å². The van der Waals surface area contributed by atoms with Gasteiger partial charge in [-0.1, -0.05) is 18.2 Å². The van der Waals surface area contributed by atoms with E-state index in [2.05, 4.69) is 16.1 Å². The maximum Gasteiger partial charge on any atom is 0.211 e. The third-order valence-corrected chi connectivity index (χ3v) is 6.31. The van der Waals surface area contributed by atoms with E-state index in [1.807, 2.05) is 18.2 Å². The lowest BCUT2D eigenvalue weighted by atomic mass is 9.94. The fourth-order valence-corrected chi connectivity index (χ4v) is 4.03. The molecule has 0 amide bonds. The quantitative estimate of drug-likeness (QED) is 0.662. The van der Waals surface area contributed by atoms with Crippen LogP contribution in [0, 0.1) is 5.82 Å². The minimum Gasteiger partial charge on any atom is -0.492 e. The van der Waals surface area contributed by atoms with Crippen molar-refractivity contribution in [3.8, 4) is 5.75 Å². The van der Waals surface area contributed by atoms with Gasteiger partial charge >= 0.3 is 0 Å². The van der Waals surface area contributed by atoms with Crippen LogP contribution in [-0.4, -0.2) is 33.9 Å². The highest BCUT2D eigenvalue weighted by atomic mass is 32.2. The first-order chi connectivity index (χ1) is 13.5. The summed E-state index contributed by atoms with van der Waals surface area (Å²) in [4.78, 5) is 0. The van der Waals surface area contributed by atoms with Crippen molar-refractivity contribution in [2.24, 2.45) is 0 Å². The largest absolute Gasteiger partial charge is 0.492 e. The highest BCUT2D eigenvalue weighted by Gasteiger charge is 2.19. The summed E-state index contributed by atoms with van der Waals surface area (Å²) in [5.41, 5.74) is 3.38. The topological polar surface area (TPSA) is 67.4 Å². The molecule has 1 unspecified atom stereocenters. The normalized spacial score (nSPS) is 17.0. The van der Waals surface area contributed by atoms with E-state index in [-0.39, 0.29) is 30.8 Å². The Kier molecular flexibility index (Phi) is 7.04. The fourth-order valence-electron chi connectivity index (χ4n) is 3.43. The second-order valence-electron chi connectivity index (χ2n) is 6.95. The Bertz CT molecular complexity index is 902. The van der Waals surface area contributed by atoms with Gasteiger partial charge in [0.15, 0.2) is 0 Å². The molecule has 0 saturated heterocycles. The van der Waals surface area contributed by atoms with Crippen LogP contribution in [-0.2, 0) is 22.9 Å². The molecule has 2 aromatic rings. The van der Waals surface area contributed by atoms with Gasteiger partial charge in [-0.2, -0.15) is 0 Å². The zero-order chi connectivity index (χ0) is 20.0. The molecule has 2 aromatic carbocycles. The second kappa shape index (κ2) is 9.49. The van der Waals surface area contributed by atoms with Gasteiger partial charge in [-0.15, -0.1) is 0 Å². The molecule has 1 heterocycles. The minimum atomic E-state index is -3.21. The summed E-state index contributed by atoms with van der Waals surface area (Å²) in [5, 5.41) is 3.56. The highest BCUT2D eigenvalue weighted by Crippen LogP contribution is 2.29. The summed E-state index contributed by atoms with van der Waals surface area (Å²) in [6.45, 7) is 3.00.